The number of fused-ring (bicyclic) bond motifs is 5. The average molecular weight is 442 g/mol. The van der Waals surface area contributed by atoms with Crippen LogP contribution in [0.1, 0.15) is 65.1 Å². The number of carbonyl (C=O) groups excluding carboxylic acids is 1. The summed E-state index contributed by atoms with van der Waals surface area (Å²) in [7, 11) is 0. The predicted molar refractivity (Wildman–Crippen MR) is 119 cm³/mol. The molecule has 2 aliphatic heterocycles. The Labute approximate surface area is 206 Å². The van der Waals surface area contributed by atoms with Gasteiger partial charge < -0.3 is 15.0 Å². The Morgan fingerprint density at radius 3 is 2.78 bits per heavy atom. The van der Waals surface area contributed by atoms with Crippen LogP contribution in [0.2, 0.25) is 0 Å². The molecule has 3 aliphatic rings. The van der Waals surface area contributed by atoms with Gasteiger partial charge in [-0.15, -0.1) is 0 Å². The largest absolute Gasteiger partial charge is 0.460 e. The van der Waals surface area contributed by atoms with Crippen molar-refractivity contribution in [3.05, 3.63) is 61.7 Å². The van der Waals surface area contributed by atoms with Crippen molar-refractivity contribution in [3.63, 3.8) is 0 Å². The van der Waals surface area contributed by atoms with Crippen LogP contribution < -0.4 is 11.3 Å². The molecule has 1 aliphatic carbocycles. The number of halogens is 1. The maximum Gasteiger partial charge on any atom is 0.313 e. The van der Waals surface area contributed by atoms with Crippen LogP contribution in [0.15, 0.2) is 16.9 Å². The molecule has 6 rings (SSSR count). The summed E-state index contributed by atoms with van der Waals surface area (Å²) in [4.78, 5) is 30.5. The van der Waals surface area contributed by atoms with Crippen molar-refractivity contribution in [2.24, 2.45) is 5.73 Å². The number of esters is 1. The fourth-order valence-corrected chi connectivity index (χ4v) is 5.61. The molecule has 159 valence electrons. The van der Waals surface area contributed by atoms with E-state index in [2.05, 4.69) is 0 Å². The minimum absolute atomic E-state index is 0. The second kappa shape index (κ2) is 7.48. The quantitative estimate of drug-likeness (QED) is 0.362. The topological polar surface area (TPSA) is 87.2 Å². The second-order valence-electron chi connectivity index (χ2n) is 8.78. The summed E-state index contributed by atoms with van der Waals surface area (Å²) >= 11 is 0. The van der Waals surface area contributed by atoms with Crippen LogP contribution >= 0.6 is 0 Å². The number of ether oxygens (including phenoxy) is 1. The van der Waals surface area contributed by atoms with E-state index in [0.717, 1.165) is 34.1 Å². The fourth-order valence-electron chi connectivity index (χ4n) is 5.61. The smallest absolute Gasteiger partial charge is 0.313 e. The molecule has 2 aromatic heterocycles. The average Bonchev–Trinajstić information content (AvgIpc) is 3.11. The number of hydrogen-bond donors (Lipinski definition) is 1. The van der Waals surface area contributed by atoms with Crippen LogP contribution in [0.4, 0.5) is 4.39 Å². The maximum absolute atomic E-state index is 14.6. The third-order valence-corrected chi connectivity index (χ3v) is 7.24. The number of nitrogens with zero attached hydrogens (tertiary/aromatic N) is 2. The number of benzene rings is 1. The molecule has 8 heteroatoms. The van der Waals surface area contributed by atoms with Gasteiger partial charge in [0.15, 0.2) is 0 Å². The van der Waals surface area contributed by atoms with E-state index >= 15 is 0 Å². The zero-order chi connectivity index (χ0) is 21.6. The number of cyclic esters (lactones) is 1. The molecule has 0 saturated carbocycles. The summed E-state index contributed by atoms with van der Waals surface area (Å²) in [5.74, 6) is -1.03. The molecule has 6 nitrogen and oxygen atoms in total. The monoisotopic (exact) mass is 442 g/mol. The zero-order valence-corrected chi connectivity index (χ0v) is 20.4. The normalized spacial score (nSPS) is 20.3. The summed E-state index contributed by atoms with van der Waals surface area (Å²) in [5, 5.41) is 0.937. The molecule has 0 bridgehead atoms. The summed E-state index contributed by atoms with van der Waals surface area (Å²) < 4.78 is 21.6. The first-order valence-electron chi connectivity index (χ1n) is 10.7. The van der Waals surface area contributed by atoms with Crippen molar-refractivity contribution in [3.8, 4) is 11.4 Å². The van der Waals surface area contributed by atoms with Gasteiger partial charge in [0.2, 0.25) is 0 Å². The Hall–Kier alpha value is -2.06. The molecular formula is C24H22FN3NaO3. The Bertz CT molecular complexity index is 1400. The number of rotatable bonds is 1. The van der Waals surface area contributed by atoms with Gasteiger partial charge in [0.1, 0.15) is 12.4 Å². The summed E-state index contributed by atoms with van der Waals surface area (Å²) in [6, 6.07) is 3.19. The van der Waals surface area contributed by atoms with E-state index in [0.29, 0.717) is 47.4 Å². The molecule has 2 N–H and O–H groups in total. The molecule has 0 unspecified atom stereocenters. The number of pyridine rings is 2. The molecule has 1 aromatic carbocycles. The van der Waals surface area contributed by atoms with Crippen molar-refractivity contribution in [1.29, 1.82) is 0 Å². The van der Waals surface area contributed by atoms with Crippen molar-refractivity contribution >= 4 is 46.4 Å². The van der Waals surface area contributed by atoms with Gasteiger partial charge in [0.25, 0.3) is 5.56 Å². The van der Waals surface area contributed by atoms with E-state index in [1.54, 1.807) is 11.5 Å². The summed E-state index contributed by atoms with van der Waals surface area (Å²) in [6.07, 6.45) is 2.00. The number of aryl methyl sites for hydroxylation is 1. The Morgan fingerprint density at radius 2 is 2.03 bits per heavy atom. The minimum Gasteiger partial charge on any atom is -0.460 e. The first kappa shape index (κ1) is 21.8. The van der Waals surface area contributed by atoms with Gasteiger partial charge in [0.05, 0.1) is 34.9 Å². The Kier molecular flexibility index (Phi) is 5.09. The molecule has 0 fully saturated rings. The SMILES string of the molecule is CC[C@@H]1C(=O)OCc2c1cc1n(c2=O)Cc2c-1nc1cc(F)c(C)c3c1c2[C@@H](N)CC3.[Na]. The molecule has 0 saturated heterocycles. The number of aromatic nitrogens is 2. The number of nitrogens with two attached hydrogens (primary N) is 1. The molecule has 1 radical (unpaired) electrons. The number of hydrogen-bond acceptors (Lipinski definition) is 5. The van der Waals surface area contributed by atoms with Crippen LogP contribution in [-0.2, 0) is 29.1 Å². The van der Waals surface area contributed by atoms with Gasteiger partial charge in [-0.05, 0) is 54.5 Å². The number of carbonyl (C=O) groups is 1. The third-order valence-electron chi connectivity index (χ3n) is 7.24. The van der Waals surface area contributed by atoms with E-state index < -0.39 is 5.92 Å². The molecule has 2 atom stereocenters. The molecule has 32 heavy (non-hydrogen) atoms. The standard InChI is InChI=1S/C24H22FN3O3.Na/c1-3-11-13-6-19-22-14(8-28(19)23(29)15(13)9-31-24(11)30)20-17(26)5-4-12-10(2)16(25)7-18(27-22)21(12)20;/h6-7,11,17H,3-5,8-9,26H2,1-2H3;/t11-,17-;/m0./s1. The van der Waals surface area contributed by atoms with E-state index in [1.807, 2.05) is 13.0 Å². The van der Waals surface area contributed by atoms with Gasteiger partial charge >= 0.3 is 5.97 Å². The Balaban J connectivity index is 0.00000216. The van der Waals surface area contributed by atoms with Crippen LogP contribution in [0.3, 0.4) is 0 Å². The zero-order valence-electron chi connectivity index (χ0n) is 18.4. The molecule has 3 aromatic rings. The maximum atomic E-state index is 14.6. The van der Waals surface area contributed by atoms with Crippen LogP contribution in [-0.4, -0.2) is 45.1 Å². The van der Waals surface area contributed by atoms with Gasteiger partial charge in [-0.25, -0.2) is 9.37 Å². The first-order chi connectivity index (χ1) is 14.9. The first-order valence-corrected chi connectivity index (χ1v) is 10.7. The van der Waals surface area contributed by atoms with E-state index in [1.165, 1.54) is 6.07 Å². The van der Waals surface area contributed by atoms with Gasteiger partial charge in [0, 0.05) is 52.6 Å². The van der Waals surface area contributed by atoms with E-state index in [-0.39, 0.29) is 59.6 Å². The predicted octanol–water partition coefficient (Wildman–Crippen LogP) is 2.99. The van der Waals surface area contributed by atoms with Gasteiger partial charge in [-0.1, -0.05) is 6.92 Å². The summed E-state index contributed by atoms with van der Waals surface area (Å²) in [5.41, 5.74) is 13.1. The third kappa shape index (κ3) is 2.75. The van der Waals surface area contributed by atoms with Crippen molar-refractivity contribution < 1.29 is 13.9 Å². The minimum atomic E-state index is -0.459. The molecule has 0 amide bonds. The molecule has 0 spiro atoms. The molecular weight excluding hydrogens is 420 g/mol. The Morgan fingerprint density at radius 1 is 1.25 bits per heavy atom. The van der Waals surface area contributed by atoms with E-state index in [4.69, 9.17) is 15.5 Å². The van der Waals surface area contributed by atoms with Crippen LogP contribution in [0.25, 0.3) is 22.3 Å². The van der Waals surface area contributed by atoms with Crippen molar-refractivity contribution in [2.45, 2.75) is 58.2 Å². The van der Waals surface area contributed by atoms with Crippen LogP contribution in [0, 0.1) is 12.7 Å². The van der Waals surface area contributed by atoms with Gasteiger partial charge in [-0.3, -0.25) is 9.59 Å². The van der Waals surface area contributed by atoms with Crippen molar-refractivity contribution in [1.82, 2.24) is 9.55 Å². The molecule has 4 heterocycles. The van der Waals surface area contributed by atoms with Crippen molar-refractivity contribution in [2.75, 3.05) is 0 Å². The second-order valence-corrected chi connectivity index (χ2v) is 8.78. The van der Waals surface area contributed by atoms with E-state index in [9.17, 15) is 14.0 Å². The van der Waals surface area contributed by atoms with Gasteiger partial charge in [-0.2, -0.15) is 0 Å². The summed E-state index contributed by atoms with van der Waals surface area (Å²) in [6.45, 7) is 4.08. The van der Waals surface area contributed by atoms with Crippen LogP contribution in [0.5, 0.6) is 0 Å². The fraction of sp³-hybridized carbons (Fsp3) is 0.375.